The Morgan fingerprint density at radius 2 is 1.45 bits per heavy atom. The fourth-order valence-corrected chi connectivity index (χ4v) is 2.44. The van der Waals surface area contributed by atoms with E-state index in [0.29, 0.717) is 13.0 Å². The van der Waals surface area contributed by atoms with Crippen LogP contribution in [0, 0.1) is 0 Å². The van der Waals surface area contributed by atoms with Crippen molar-refractivity contribution in [3.05, 3.63) is 64.1 Å². The van der Waals surface area contributed by atoms with Crippen molar-refractivity contribution in [1.29, 1.82) is 0 Å². The van der Waals surface area contributed by atoms with Crippen molar-refractivity contribution in [1.82, 2.24) is 4.90 Å². The molecule has 0 radical (unpaired) electrons. The summed E-state index contributed by atoms with van der Waals surface area (Å²) in [5, 5.41) is 0. The Balaban J connectivity index is 1.94. The highest BCUT2D eigenvalue weighted by molar-refractivity contribution is 9.10. The topological polar surface area (TPSA) is 23.6 Å². The maximum atomic E-state index is 12.3. The third kappa shape index (κ3) is 4.60. The van der Waals surface area contributed by atoms with Gasteiger partial charge in [-0.05, 0) is 35.4 Å². The van der Waals surface area contributed by atoms with Crippen LogP contribution in [-0.4, -0.2) is 32.0 Å². The van der Waals surface area contributed by atoms with Crippen LogP contribution in [0.5, 0.6) is 0 Å². The number of carbonyl (C=O) groups excluding carboxylic acids is 1. The molecule has 2 aromatic carbocycles. The van der Waals surface area contributed by atoms with Gasteiger partial charge in [-0.15, -0.1) is 0 Å². The summed E-state index contributed by atoms with van der Waals surface area (Å²) in [6, 6.07) is 16.1. The van der Waals surface area contributed by atoms with Crippen molar-refractivity contribution >= 4 is 27.5 Å². The van der Waals surface area contributed by atoms with E-state index >= 15 is 0 Å². The van der Waals surface area contributed by atoms with E-state index in [1.165, 1.54) is 0 Å². The molecule has 2 aromatic rings. The first-order chi connectivity index (χ1) is 10.5. The lowest BCUT2D eigenvalue weighted by atomic mass is 10.1. The minimum absolute atomic E-state index is 0.124. The van der Waals surface area contributed by atoms with Crippen molar-refractivity contribution in [2.75, 3.05) is 26.0 Å². The molecule has 2 rings (SSSR count). The van der Waals surface area contributed by atoms with Gasteiger partial charge in [0.1, 0.15) is 0 Å². The number of benzene rings is 2. The minimum atomic E-state index is 0.124. The van der Waals surface area contributed by atoms with E-state index in [0.717, 1.165) is 21.3 Å². The molecular formula is C18H21BrN2O. The number of hydrogen-bond acceptors (Lipinski definition) is 2. The van der Waals surface area contributed by atoms with E-state index in [-0.39, 0.29) is 5.91 Å². The van der Waals surface area contributed by atoms with E-state index in [9.17, 15) is 4.79 Å². The summed E-state index contributed by atoms with van der Waals surface area (Å²) in [5.74, 6) is 0.124. The Morgan fingerprint density at radius 3 is 2.00 bits per heavy atom. The van der Waals surface area contributed by atoms with Gasteiger partial charge in [-0.3, -0.25) is 4.79 Å². The lowest BCUT2D eigenvalue weighted by Gasteiger charge is -2.18. The minimum Gasteiger partial charge on any atom is -0.378 e. The zero-order chi connectivity index (χ0) is 16.1. The third-order valence-electron chi connectivity index (χ3n) is 3.57. The van der Waals surface area contributed by atoms with Gasteiger partial charge in [0.05, 0.1) is 6.42 Å². The monoisotopic (exact) mass is 360 g/mol. The summed E-state index contributed by atoms with van der Waals surface area (Å²) in [4.78, 5) is 16.1. The van der Waals surface area contributed by atoms with Crippen molar-refractivity contribution < 1.29 is 4.79 Å². The maximum Gasteiger partial charge on any atom is 0.227 e. The third-order valence-corrected chi connectivity index (χ3v) is 4.10. The smallest absolute Gasteiger partial charge is 0.227 e. The maximum absolute atomic E-state index is 12.3. The van der Waals surface area contributed by atoms with Crippen LogP contribution in [0.2, 0.25) is 0 Å². The molecule has 0 spiro atoms. The molecule has 0 bridgehead atoms. The number of likely N-dealkylation sites (N-methyl/N-ethyl adjacent to an activating group) is 1. The normalized spacial score (nSPS) is 10.4. The number of amides is 1. The molecular weight excluding hydrogens is 340 g/mol. The number of halogens is 1. The van der Waals surface area contributed by atoms with E-state index < -0.39 is 0 Å². The van der Waals surface area contributed by atoms with Crippen LogP contribution < -0.4 is 4.90 Å². The van der Waals surface area contributed by atoms with Gasteiger partial charge in [-0.1, -0.05) is 40.2 Å². The molecule has 1 amide bonds. The summed E-state index contributed by atoms with van der Waals surface area (Å²) in [5.41, 5.74) is 3.33. The zero-order valence-electron chi connectivity index (χ0n) is 13.2. The standard InChI is InChI=1S/C18H21BrN2O/c1-20(2)17-10-6-15(7-11-17)13-21(3)18(22)12-14-4-8-16(19)9-5-14/h4-11H,12-13H2,1-3H3. The Hall–Kier alpha value is -1.81. The fourth-order valence-electron chi connectivity index (χ4n) is 2.17. The van der Waals surface area contributed by atoms with Gasteiger partial charge in [0, 0.05) is 37.8 Å². The van der Waals surface area contributed by atoms with Crippen LogP contribution in [0.1, 0.15) is 11.1 Å². The van der Waals surface area contributed by atoms with Crippen LogP contribution in [0.25, 0.3) is 0 Å². The summed E-state index contributed by atoms with van der Waals surface area (Å²) >= 11 is 3.40. The molecule has 0 saturated heterocycles. The number of rotatable bonds is 5. The Labute approximate surface area is 140 Å². The average molecular weight is 361 g/mol. The SMILES string of the molecule is CN(Cc1ccc(N(C)C)cc1)C(=O)Cc1ccc(Br)cc1. The molecule has 0 N–H and O–H groups in total. The van der Waals surface area contributed by atoms with Crippen LogP contribution in [0.3, 0.4) is 0 Å². The number of hydrogen-bond donors (Lipinski definition) is 0. The zero-order valence-corrected chi connectivity index (χ0v) is 14.8. The molecule has 0 unspecified atom stereocenters. The molecule has 116 valence electrons. The second-order valence-corrected chi connectivity index (χ2v) is 6.53. The van der Waals surface area contributed by atoms with Crippen molar-refractivity contribution in [2.24, 2.45) is 0 Å². The van der Waals surface area contributed by atoms with Gasteiger partial charge in [0.15, 0.2) is 0 Å². The summed E-state index contributed by atoms with van der Waals surface area (Å²) in [6.45, 7) is 0.628. The molecule has 0 aliphatic carbocycles. The second kappa shape index (κ2) is 7.45. The number of anilines is 1. The molecule has 0 aliphatic heterocycles. The van der Waals surface area contributed by atoms with E-state index in [2.05, 4.69) is 45.1 Å². The molecule has 0 heterocycles. The van der Waals surface area contributed by atoms with E-state index in [1.807, 2.05) is 45.4 Å². The molecule has 0 fully saturated rings. The van der Waals surface area contributed by atoms with Gasteiger partial charge >= 0.3 is 0 Å². The first kappa shape index (κ1) is 16.6. The molecule has 0 saturated carbocycles. The Kier molecular flexibility index (Phi) is 5.61. The van der Waals surface area contributed by atoms with Crippen LogP contribution in [0.4, 0.5) is 5.69 Å². The highest BCUT2D eigenvalue weighted by Crippen LogP contribution is 2.15. The lowest BCUT2D eigenvalue weighted by Crippen LogP contribution is -2.27. The van der Waals surface area contributed by atoms with Crippen molar-refractivity contribution in [3.8, 4) is 0 Å². The van der Waals surface area contributed by atoms with E-state index in [1.54, 1.807) is 4.90 Å². The molecule has 0 atom stereocenters. The molecule has 22 heavy (non-hydrogen) atoms. The average Bonchev–Trinajstić information content (AvgIpc) is 2.50. The van der Waals surface area contributed by atoms with Crippen LogP contribution in [0.15, 0.2) is 53.0 Å². The van der Waals surface area contributed by atoms with Gasteiger partial charge < -0.3 is 9.80 Å². The van der Waals surface area contributed by atoms with Crippen LogP contribution >= 0.6 is 15.9 Å². The van der Waals surface area contributed by atoms with Crippen LogP contribution in [-0.2, 0) is 17.8 Å². The second-order valence-electron chi connectivity index (χ2n) is 5.61. The van der Waals surface area contributed by atoms with Gasteiger partial charge in [0.25, 0.3) is 0 Å². The highest BCUT2D eigenvalue weighted by atomic mass is 79.9. The van der Waals surface area contributed by atoms with Gasteiger partial charge in [-0.25, -0.2) is 0 Å². The van der Waals surface area contributed by atoms with E-state index in [4.69, 9.17) is 0 Å². The quantitative estimate of drug-likeness (QED) is 0.811. The largest absolute Gasteiger partial charge is 0.378 e. The number of carbonyl (C=O) groups is 1. The van der Waals surface area contributed by atoms with Gasteiger partial charge in [-0.2, -0.15) is 0 Å². The first-order valence-corrected chi connectivity index (χ1v) is 7.99. The fraction of sp³-hybridized carbons (Fsp3) is 0.278. The number of nitrogens with zero attached hydrogens (tertiary/aromatic N) is 2. The Morgan fingerprint density at radius 1 is 0.909 bits per heavy atom. The molecule has 0 aromatic heterocycles. The summed E-state index contributed by atoms with van der Waals surface area (Å²) < 4.78 is 1.03. The predicted molar refractivity (Wildman–Crippen MR) is 95.1 cm³/mol. The van der Waals surface area contributed by atoms with Crippen molar-refractivity contribution in [3.63, 3.8) is 0 Å². The predicted octanol–water partition coefficient (Wildman–Crippen LogP) is 3.72. The van der Waals surface area contributed by atoms with Crippen molar-refractivity contribution in [2.45, 2.75) is 13.0 Å². The molecule has 4 heteroatoms. The summed E-state index contributed by atoms with van der Waals surface area (Å²) in [7, 11) is 5.88. The lowest BCUT2D eigenvalue weighted by molar-refractivity contribution is -0.129. The molecule has 0 aliphatic rings. The Bertz CT molecular complexity index is 621. The molecule has 3 nitrogen and oxygen atoms in total. The first-order valence-electron chi connectivity index (χ1n) is 7.20. The van der Waals surface area contributed by atoms with Gasteiger partial charge in [0.2, 0.25) is 5.91 Å². The highest BCUT2D eigenvalue weighted by Gasteiger charge is 2.10. The summed E-state index contributed by atoms with van der Waals surface area (Å²) in [6.07, 6.45) is 0.430.